The van der Waals surface area contributed by atoms with Gasteiger partial charge in [-0.1, -0.05) is 26.0 Å². The van der Waals surface area contributed by atoms with Gasteiger partial charge in [0.2, 0.25) is 10.0 Å². The number of fused-ring (bicyclic) bond motifs is 1. The Kier molecular flexibility index (Phi) is 6.23. The maximum Gasteiger partial charge on any atom is 0.258 e. The van der Waals surface area contributed by atoms with Gasteiger partial charge in [0.25, 0.3) is 5.91 Å². The lowest BCUT2D eigenvalue weighted by molar-refractivity contribution is 0.0986. The van der Waals surface area contributed by atoms with E-state index in [1.54, 1.807) is 40.3 Å². The van der Waals surface area contributed by atoms with Crippen molar-refractivity contribution in [2.75, 3.05) is 30.3 Å². The molecule has 0 saturated carbocycles. The van der Waals surface area contributed by atoms with Crippen molar-refractivity contribution in [1.29, 1.82) is 0 Å². The molecule has 2 unspecified atom stereocenters. The highest BCUT2D eigenvalue weighted by Gasteiger charge is 2.32. The zero-order chi connectivity index (χ0) is 21.3. The number of carbonyl (C=O) groups is 1. The predicted molar refractivity (Wildman–Crippen MR) is 122 cm³/mol. The van der Waals surface area contributed by atoms with Gasteiger partial charge >= 0.3 is 0 Å². The first kappa shape index (κ1) is 21.4. The van der Waals surface area contributed by atoms with Crippen LogP contribution in [0.25, 0.3) is 0 Å². The van der Waals surface area contributed by atoms with Crippen LogP contribution < -0.4 is 4.90 Å². The fourth-order valence-electron chi connectivity index (χ4n) is 4.41. The maximum absolute atomic E-state index is 13.2. The Morgan fingerprint density at radius 1 is 1.00 bits per heavy atom. The summed E-state index contributed by atoms with van der Waals surface area (Å²) in [7, 11) is -3.54. The highest BCUT2D eigenvalue weighted by molar-refractivity contribution is 7.99. The Balaban J connectivity index is 1.57. The molecular weight excluding hydrogens is 416 g/mol. The Hall–Kier alpha value is -1.83. The number of thioether (sulfide) groups is 1. The number of sulfonamides is 1. The number of piperidine rings is 1. The first-order valence-corrected chi connectivity index (χ1v) is 12.9. The normalized spacial score (nSPS) is 22.9. The zero-order valence-corrected chi connectivity index (χ0v) is 19.1. The second kappa shape index (κ2) is 8.73. The predicted octanol–water partition coefficient (Wildman–Crippen LogP) is 4.50. The fourth-order valence-corrected chi connectivity index (χ4v) is 7.09. The molecule has 2 aromatic rings. The first-order valence-electron chi connectivity index (χ1n) is 10.5. The van der Waals surface area contributed by atoms with Gasteiger partial charge in [0.1, 0.15) is 0 Å². The van der Waals surface area contributed by atoms with Gasteiger partial charge in [0, 0.05) is 30.1 Å². The van der Waals surface area contributed by atoms with Crippen molar-refractivity contribution in [2.45, 2.75) is 36.5 Å². The van der Waals surface area contributed by atoms with Crippen LogP contribution in [0.15, 0.2) is 58.3 Å². The summed E-state index contributed by atoms with van der Waals surface area (Å²) in [6, 6.07) is 14.4. The van der Waals surface area contributed by atoms with E-state index in [9.17, 15) is 13.2 Å². The summed E-state index contributed by atoms with van der Waals surface area (Å²) in [6.07, 6.45) is 1.97. The Bertz CT molecular complexity index is 1010. The molecule has 2 heterocycles. The molecule has 2 aliphatic heterocycles. The number of anilines is 1. The van der Waals surface area contributed by atoms with Crippen molar-refractivity contribution in [3.63, 3.8) is 0 Å². The minimum Gasteiger partial charge on any atom is -0.307 e. The molecule has 0 aliphatic carbocycles. The average molecular weight is 445 g/mol. The fraction of sp³-hybridized carbons (Fsp3) is 0.435. The van der Waals surface area contributed by atoms with E-state index < -0.39 is 10.0 Å². The molecule has 30 heavy (non-hydrogen) atoms. The second-order valence-corrected chi connectivity index (χ2v) is 11.5. The van der Waals surface area contributed by atoms with Crippen molar-refractivity contribution in [1.82, 2.24) is 4.31 Å². The molecule has 0 bridgehead atoms. The number of para-hydroxylation sites is 1. The van der Waals surface area contributed by atoms with Gasteiger partial charge in [-0.2, -0.15) is 4.31 Å². The van der Waals surface area contributed by atoms with Crippen molar-refractivity contribution in [2.24, 2.45) is 11.8 Å². The van der Waals surface area contributed by atoms with E-state index in [1.165, 1.54) is 0 Å². The Morgan fingerprint density at radius 3 is 2.37 bits per heavy atom. The quantitative estimate of drug-likeness (QED) is 0.700. The van der Waals surface area contributed by atoms with Crippen LogP contribution in [0, 0.1) is 11.8 Å². The van der Waals surface area contributed by atoms with Crippen molar-refractivity contribution < 1.29 is 13.2 Å². The van der Waals surface area contributed by atoms with Crippen LogP contribution in [0.5, 0.6) is 0 Å². The van der Waals surface area contributed by atoms with Gasteiger partial charge in [0.15, 0.2) is 0 Å². The number of hydrogen-bond acceptors (Lipinski definition) is 4. The van der Waals surface area contributed by atoms with E-state index >= 15 is 0 Å². The van der Waals surface area contributed by atoms with Crippen LogP contribution in [0.2, 0.25) is 0 Å². The first-order chi connectivity index (χ1) is 14.4. The third-order valence-corrected chi connectivity index (χ3v) is 8.75. The monoisotopic (exact) mass is 444 g/mol. The number of nitrogens with zero attached hydrogens (tertiary/aromatic N) is 2. The van der Waals surface area contributed by atoms with Crippen LogP contribution in [0.3, 0.4) is 0 Å². The number of benzene rings is 2. The second-order valence-electron chi connectivity index (χ2n) is 8.42. The lowest BCUT2D eigenvalue weighted by Gasteiger charge is -2.34. The lowest BCUT2D eigenvalue weighted by Crippen LogP contribution is -2.42. The summed E-state index contributed by atoms with van der Waals surface area (Å²) in [5.41, 5.74) is 1.44. The van der Waals surface area contributed by atoms with E-state index in [-0.39, 0.29) is 10.8 Å². The molecule has 5 nitrogen and oxygen atoms in total. The smallest absolute Gasteiger partial charge is 0.258 e. The van der Waals surface area contributed by atoms with Gasteiger partial charge in [-0.05, 0) is 66.8 Å². The molecule has 1 saturated heterocycles. The zero-order valence-electron chi connectivity index (χ0n) is 17.5. The molecule has 2 aliphatic rings. The van der Waals surface area contributed by atoms with Crippen LogP contribution in [0.4, 0.5) is 5.69 Å². The molecule has 0 aromatic heterocycles. The minimum atomic E-state index is -3.54. The minimum absolute atomic E-state index is 0.0888. The van der Waals surface area contributed by atoms with E-state index in [2.05, 4.69) is 13.8 Å². The van der Waals surface area contributed by atoms with Crippen LogP contribution in [-0.4, -0.2) is 44.0 Å². The summed E-state index contributed by atoms with van der Waals surface area (Å²) in [6.45, 7) is 5.95. The molecule has 0 radical (unpaired) electrons. The standard InChI is InChI=1S/C23H28N2O3S2/c1-17-14-18(2)16-24(15-17)30(27,28)20-10-8-19(9-11-20)23(26)25-12-5-13-29-22-7-4-3-6-21(22)25/h3-4,6-11,17-18H,5,12-16H2,1-2H3. The third-order valence-electron chi connectivity index (χ3n) is 5.76. The van der Waals surface area contributed by atoms with Gasteiger partial charge in [0.05, 0.1) is 10.6 Å². The van der Waals surface area contributed by atoms with Crippen LogP contribution >= 0.6 is 11.8 Å². The van der Waals surface area contributed by atoms with Gasteiger partial charge in [-0.3, -0.25) is 4.79 Å². The molecule has 160 valence electrons. The molecule has 2 atom stereocenters. The summed E-state index contributed by atoms with van der Waals surface area (Å²) in [5, 5.41) is 0. The van der Waals surface area contributed by atoms with E-state index in [0.717, 1.165) is 29.2 Å². The van der Waals surface area contributed by atoms with Crippen molar-refractivity contribution >= 4 is 33.4 Å². The average Bonchev–Trinajstić information content (AvgIpc) is 2.95. The molecule has 1 fully saturated rings. The Labute approximate surface area is 183 Å². The lowest BCUT2D eigenvalue weighted by atomic mass is 9.94. The molecular formula is C23H28N2O3S2. The molecule has 7 heteroatoms. The Morgan fingerprint density at radius 2 is 1.67 bits per heavy atom. The highest BCUT2D eigenvalue weighted by atomic mass is 32.2. The van der Waals surface area contributed by atoms with Gasteiger partial charge in [-0.15, -0.1) is 11.8 Å². The van der Waals surface area contributed by atoms with Crippen LogP contribution in [0.1, 0.15) is 37.0 Å². The summed E-state index contributed by atoms with van der Waals surface area (Å²) < 4.78 is 27.8. The SMILES string of the molecule is CC1CC(C)CN(S(=O)(=O)c2ccc(C(=O)N3CCCSc4ccccc43)cc2)C1. The maximum atomic E-state index is 13.2. The molecule has 2 aromatic carbocycles. The van der Waals surface area contributed by atoms with Crippen LogP contribution in [-0.2, 0) is 10.0 Å². The largest absolute Gasteiger partial charge is 0.307 e. The van der Waals surface area contributed by atoms with Gasteiger partial charge < -0.3 is 4.90 Å². The topological polar surface area (TPSA) is 57.7 Å². The third kappa shape index (κ3) is 4.29. The number of amides is 1. The molecule has 4 rings (SSSR count). The van der Waals surface area contributed by atoms with Crippen molar-refractivity contribution in [3.05, 3.63) is 54.1 Å². The molecule has 0 N–H and O–H groups in total. The summed E-state index contributed by atoms with van der Waals surface area (Å²) in [4.78, 5) is 16.4. The number of carbonyl (C=O) groups excluding carboxylic acids is 1. The highest BCUT2D eigenvalue weighted by Crippen LogP contribution is 2.34. The van der Waals surface area contributed by atoms with E-state index in [4.69, 9.17) is 0 Å². The van der Waals surface area contributed by atoms with Gasteiger partial charge in [-0.25, -0.2) is 8.42 Å². The van der Waals surface area contributed by atoms with Crippen molar-refractivity contribution in [3.8, 4) is 0 Å². The molecule has 1 amide bonds. The van der Waals surface area contributed by atoms with E-state index in [0.29, 0.717) is 37.0 Å². The van der Waals surface area contributed by atoms with E-state index in [1.807, 2.05) is 29.2 Å². The number of rotatable bonds is 3. The number of hydrogen-bond donors (Lipinski definition) is 0. The summed E-state index contributed by atoms with van der Waals surface area (Å²) in [5.74, 6) is 1.59. The summed E-state index contributed by atoms with van der Waals surface area (Å²) >= 11 is 1.77. The molecule has 0 spiro atoms.